The molecule has 0 unspecified atom stereocenters. The molecule has 0 aliphatic carbocycles. The first kappa shape index (κ1) is 14.7. The van der Waals surface area contributed by atoms with Crippen LogP contribution in [0.25, 0.3) is 10.9 Å². The first-order valence-corrected chi connectivity index (χ1v) is 8.19. The average Bonchev–Trinajstić information content (AvgIpc) is 3.10. The molecule has 2 aromatic heterocycles. The molecule has 1 aliphatic rings. The van der Waals surface area contributed by atoms with Gasteiger partial charge in [0.05, 0.1) is 0 Å². The van der Waals surface area contributed by atoms with Gasteiger partial charge in [-0.05, 0) is 43.2 Å². The fraction of sp³-hybridized carbons (Fsp3) is 0.278. The van der Waals surface area contributed by atoms with E-state index in [0.29, 0.717) is 0 Å². The minimum absolute atomic E-state index is 0.0342. The van der Waals surface area contributed by atoms with Crippen molar-refractivity contribution in [2.24, 2.45) is 5.92 Å². The van der Waals surface area contributed by atoms with E-state index in [4.69, 9.17) is 0 Å². The summed E-state index contributed by atoms with van der Waals surface area (Å²) < 4.78 is 0. The zero-order valence-corrected chi connectivity index (χ0v) is 13.3. The molecular formula is C18H19N5O. The molecule has 3 heterocycles. The molecule has 6 heteroatoms. The number of hydrogen-bond acceptors (Lipinski definition) is 4. The van der Waals surface area contributed by atoms with Crippen LogP contribution in [0, 0.1) is 5.92 Å². The molecule has 6 nitrogen and oxygen atoms in total. The summed E-state index contributed by atoms with van der Waals surface area (Å²) in [4.78, 5) is 26.4. The number of aromatic amines is 1. The van der Waals surface area contributed by atoms with Crippen LogP contribution in [0.2, 0.25) is 0 Å². The highest BCUT2D eigenvalue weighted by molar-refractivity contribution is 5.95. The number of piperidine rings is 1. The molecule has 0 spiro atoms. The molecule has 2 N–H and O–H groups in total. The summed E-state index contributed by atoms with van der Waals surface area (Å²) in [7, 11) is 0. The average molecular weight is 321 g/mol. The lowest BCUT2D eigenvalue weighted by molar-refractivity contribution is -0.120. The van der Waals surface area contributed by atoms with Crippen molar-refractivity contribution in [1.82, 2.24) is 15.0 Å². The molecule has 0 bridgehead atoms. The number of aromatic nitrogens is 3. The number of anilines is 2. The number of carbonyl (C=O) groups is 1. The first-order chi connectivity index (χ1) is 11.8. The summed E-state index contributed by atoms with van der Waals surface area (Å²) >= 11 is 0. The van der Waals surface area contributed by atoms with E-state index in [1.54, 1.807) is 12.4 Å². The maximum Gasteiger partial charge on any atom is 0.227 e. The second-order valence-electron chi connectivity index (χ2n) is 6.08. The van der Waals surface area contributed by atoms with Gasteiger partial charge in [0.2, 0.25) is 11.9 Å². The lowest BCUT2D eigenvalue weighted by Gasteiger charge is -2.31. The van der Waals surface area contributed by atoms with Crippen molar-refractivity contribution >= 4 is 28.4 Å². The lowest BCUT2D eigenvalue weighted by atomic mass is 9.96. The predicted octanol–water partition coefficient (Wildman–Crippen LogP) is 2.81. The number of fused-ring (bicyclic) bond motifs is 1. The molecule has 1 aromatic carbocycles. The van der Waals surface area contributed by atoms with E-state index in [0.717, 1.165) is 48.5 Å². The quantitative estimate of drug-likeness (QED) is 0.778. The first-order valence-electron chi connectivity index (χ1n) is 8.19. The van der Waals surface area contributed by atoms with E-state index in [-0.39, 0.29) is 11.8 Å². The van der Waals surface area contributed by atoms with Crippen LogP contribution in [0.4, 0.5) is 11.6 Å². The zero-order valence-electron chi connectivity index (χ0n) is 13.3. The highest BCUT2D eigenvalue weighted by Crippen LogP contribution is 2.23. The van der Waals surface area contributed by atoms with Crippen molar-refractivity contribution in [3.8, 4) is 0 Å². The maximum absolute atomic E-state index is 12.5. The predicted molar refractivity (Wildman–Crippen MR) is 93.9 cm³/mol. The molecule has 3 aromatic rings. The Balaban J connectivity index is 1.37. The number of nitrogens with zero attached hydrogens (tertiary/aromatic N) is 3. The van der Waals surface area contributed by atoms with Crippen molar-refractivity contribution in [1.29, 1.82) is 0 Å². The van der Waals surface area contributed by atoms with Crippen LogP contribution in [0.15, 0.2) is 48.9 Å². The Kier molecular flexibility index (Phi) is 3.86. The molecular weight excluding hydrogens is 302 g/mol. The topological polar surface area (TPSA) is 73.9 Å². The molecule has 1 fully saturated rings. The van der Waals surface area contributed by atoms with Gasteiger partial charge in [-0.3, -0.25) is 4.79 Å². The van der Waals surface area contributed by atoms with Gasteiger partial charge in [-0.15, -0.1) is 0 Å². The molecule has 0 atom stereocenters. The van der Waals surface area contributed by atoms with E-state index in [1.807, 2.05) is 36.5 Å². The smallest absolute Gasteiger partial charge is 0.227 e. The standard InChI is InChI=1S/C18H19N5O/c24-17(22-15-2-3-16-14(12-15)4-9-19-16)13-5-10-23(11-6-13)18-20-7-1-8-21-18/h1-4,7-9,12-13,19H,5-6,10-11H2,(H,22,24). The van der Waals surface area contributed by atoms with Gasteiger partial charge in [-0.2, -0.15) is 0 Å². The Labute approximate surface area is 139 Å². The van der Waals surface area contributed by atoms with Gasteiger partial charge in [0, 0.05) is 54.2 Å². The third-order valence-corrected chi connectivity index (χ3v) is 4.52. The second kappa shape index (κ2) is 6.31. The van der Waals surface area contributed by atoms with Crippen molar-refractivity contribution in [3.63, 3.8) is 0 Å². The van der Waals surface area contributed by atoms with Gasteiger partial charge < -0.3 is 15.2 Å². The van der Waals surface area contributed by atoms with Crippen molar-refractivity contribution in [2.45, 2.75) is 12.8 Å². The monoisotopic (exact) mass is 321 g/mol. The van der Waals surface area contributed by atoms with Crippen LogP contribution in [0.5, 0.6) is 0 Å². The molecule has 24 heavy (non-hydrogen) atoms. The minimum Gasteiger partial charge on any atom is -0.361 e. The van der Waals surface area contributed by atoms with Crippen molar-refractivity contribution in [2.75, 3.05) is 23.3 Å². The molecule has 0 saturated carbocycles. The molecule has 0 radical (unpaired) electrons. The van der Waals surface area contributed by atoms with E-state index in [9.17, 15) is 4.79 Å². The third kappa shape index (κ3) is 2.95. The molecule has 1 amide bonds. The minimum atomic E-state index is 0.0342. The number of H-pyrrole nitrogens is 1. The fourth-order valence-corrected chi connectivity index (χ4v) is 3.17. The zero-order chi connectivity index (χ0) is 16.4. The number of hydrogen-bond donors (Lipinski definition) is 2. The maximum atomic E-state index is 12.5. The van der Waals surface area contributed by atoms with Gasteiger partial charge in [-0.1, -0.05) is 0 Å². The van der Waals surface area contributed by atoms with Crippen LogP contribution in [-0.4, -0.2) is 33.9 Å². The van der Waals surface area contributed by atoms with Crippen LogP contribution in [0.1, 0.15) is 12.8 Å². The Morgan fingerprint density at radius 3 is 2.75 bits per heavy atom. The van der Waals surface area contributed by atoms with Gasteiger partial charge in [0.15, 0.2) is 0 Å². The molecule has 122 valence electrons. The molecule has 1 saturated heterocycles. The van der Waals surface area contributed by atoms with Crippen molar-refractivity contribution < 1.29 is 4.79 Å². The molecule has 1 aliphatic heterocycles. The Bertz CT molecular complexity index is 837. The number of benzene rings is 1. The summed E-state index contributed by atoms with van der Waals surface area (Å²) in [5.74, 6) is 0.875. The van der Waals surface area contributed by atoms with Crippen molar-refractivity contribution in [3.05, 3.63) is 48.9 Å². The highest BCUT2D eigenvalue weighted by atomic mass is 16.1. The summed E-state index contributed by atoms with van der Waals surface area (Å²) in [6.45, 7) is 1.61. The summed E-state index contributed by atoms with van der Waals surface area (Å²) in [5, 5.41) is 4.15. The number of nitrogens with one attached hydrogen (secondary N) is 2. The van der Waals surface area contributed by atoms with Gasteiger partial charge in [0.1, 0.15) is 0 Å². The lowest BCUT2D eigenvalue weighted by Crippen LogP contribution is -2.39. The number of carbonyl (C=O) groups excluding carboxylic acids is 1. The SMILES string of the molecule is O=C(Nc1ccc2[nH]ccc2c1)C1CCN(c2ncccn2)CC1. The summed E-state index contributed by atoms with van der Waals surface area (Å²) in [6.07, 6.45) is 7.03. The van der Waals surface area contributed by atoms with Crippen LogP contribution >= 0.6 is 0 Å². The van der Waals surface area contributed by atoms with Gasteiger partial charge >= 0.3 is 0 Å². The van der Waals surface area contributed by atoms with Gasteiger partial charge in [0.25, 0.3) is 0 Å². The van der Waals surface area contributed by atoms with Gasteiger partial charge in [-0.25, -0.2) is 9.97 Å². The summed E-state index contributed by atoms with van der Waals surface area (Å²) in [5.41, 5.74) is 1.92. The second-order valence-corrected chi connectivity index (χ2v) is 6.08. The number of rotatable bonds is 3. The van der Waals surface area contributed by atoms with Crippen LogP contribution < -0.4 is 10.2 Å². The largest absolute Gasteiger partial charge is 0.361 e. The summed E-state index contributed by atoms with van der Waals surface area (Å²) in [6, 6.07) is 9.73. The van der Waals surface area contributed by atoms with E-state index in [1.165, 1.54) is 0 Å². The fourth-order valence-electron chi connectivity index (χ4n) is 3.17. The van der Waals surface area contributed by atoms with E-state index in [2.05, 4.69) is 25.2 Å². The third-order valence-electron chi connectivity index (χ3n) is 4.52. The molecule has 4 rings (SSSR count). The Morgan fingerprint density at radius 2 is 1.96 bits per heavy atom. The van der Waals surface area contributed by atoms with Crippen LogP contribution in [0.3, 0.4) is 0 Å². The number of amides is 1. The Morgan fingerprint density at radius 1 is 1.17 bits per heavy atom. The van der Waals surface area contributed by atoms with Crippen LogP contribution in [-0.2, 0) is 4.79 Å². The van der Waals surface area contributed by atoms with E-state index < -0.39 is 0 Å². The Hall–Kier alpha value is -2.89. The normalized spacial score (nSPS) is 15.6. The van der Waals surface area contributed by atoms with E-state index >= 15 is 0 Å². The highest BCUT2D eigenvalue weighted by Gasteiger charge is 2.26.